The van der Waals surface area contributed by atoms with Crippen LogP contribution in [0.5, 0.6) is 0 Å². The normalized spacial score (nSPS) is 20.1. The summed E-state index contributed by atoms with van der Waals surface area (Å²) in [4.78, 5) is 1.53. The van der Waals surface area contributed by atoms with Gasteiger partial charge in [-0.2, -0.15) is 13.2 Å². The van der Waals surface area contributed by atoms with Crippen molar-refractivity contribution in [3.05, 3.63) is 0 Å². The lowest BCUT2D eigenvalue weighted by Gasteiger charge is -2.35. The fraction of sp³-hybridized carbons (Fsp3) is 1.00. The second-order valence-corrected chi connectivity index (χ2v) is 5.16. The Balaban J connectivity index is 2.57. The molecule has 1 saturated carbocycles. The van der Waals surface area contributed by atoms with Crippen molar-refractivity contribution in [1.82, 2.24) is 10.2 Å². The lowest BCUT2D eigenvalue weighted by Crippen LogP contribution is -2.45. The van der Waals surface area contributed by atoms with Crippen molar-refractivity contribution in [2.75, 3.05) is 33.2 Å². The van der Waals surface area contributed by atoms with Crippen LogP contribution in [0.4, 0.5) is 13.2 Å². The molecule has 0 bridgehead atoms. The van der Waals surface area contributed by atoms with Gasteiger partial charge in [0.2, 0.25) is 0 Å². The average molecular weight is 252 g/mol. The van der Waals surface area contributed by atoms with Gasteiger partial charge in [0.15, 0.2) is 0 Å². The molecule has 2 nitrogen and oxygen atoms in total. The Labute approximate surface area is 102 Å². The van der Waals surface area contributed by atoms with E-state index in [2.05, 4.69) is 5.32 Å². The fourth-order valence-electron chi connectivity index (χ4n) is 2.90. The highest BCUT2D eigenvalue weighted by Crippen LogP contribution is 2.38. The van der Waals surface area contributed by atoms with E-state index in [1.807, 2.05) is 7.05 Å². The monoisotopic (exact) mass is 252 g/mol. The molecule has 5 heteroatoms. The lowest BCUT2D eigenvalue weighted by atomic mass is 9.85. The first kappa shape index (κ1) is 14.8. The Morgan fingerprint density at radius 3 is 2.24 bits per heavy atom. The van der Waals surface area contributed by atoms with Crippen molar-refractivity contribution in [3.8, 4) is 0 Å². The van der Waals surface area contributed by atoms with E-state index in [1.165, 1.54) is 4.90 Å². The van der Waals surface area contributed by atoms with Crippen molar-refractivity contribution in [3.63, 3.8) is 0 Å². The van der Waals surface area contributed by atoms with Gasteiger partial charge in [0, 0.05) is 13.1 Å². The largest absolute Gasteiger partial charge is 0.401 e. The quantitative estimate of drug-likeness (QED) is 0.782. The summed E-state index contributed by atoms with van der Waals surface area (Å²) in [6.07, 6.45) is 0.288. The average Bonchev–Trinajstić information content (AvgIpc) is 2.64. The maximum Gasteiger partial charge on any atom is 0.401 e. The van der Waals surface area contributed by atoms with Gasteiger partial charge in [-0.15, -0.1) is 0 Å². The molecule has 0 amide bonds. The molecule has 0 saturated heterocycles. The molecule has 1 aliphatic carbocycles. The fourth-order valence-corrected chi connectivity index (χ4v) is 2.90. The van der Waals surface area contributed by atoms with Crippen molar-refractivity contribution in [1.29, 1.82) is 0 Å². The third-order valence-electron chi connectivity index (χ3n) is 3.63. The predicted octanol–water partition coefficient (Wildman–Crippen LogP) is 2.65. The van der Waals surface area contributed by atoms with Crippen LogP contribution >= 0.6 is 0 Å². The minimum absolute atomic E-state index is 0.0516. The summed E-state index contributed by atoms with van der Waals surface area (Å²) in [7, 11) is 1.88. The highest BCUT2D eigenvalue weighted by molar-refractivity contribution is 4.89. The predicted molar refractivity (Wildman–Crippen MR) is 63.0 cm³/mol. The summed E-state index contributed by atoms with van der Waals surface area (Å²) in [5, 5.41) is 3.13. The summed E-state index contributed by atoms with van der Waals surface area (Å²) in [6, 6.07) is 0. The number of hydrogen-bond donors (Lipinski definition) is 1. The second kappa shape index (κ2) is 6.05. The molecule has 1 rings (SSSR count). The Bertz CT molecular complexity index is 222. The second-order valence-electron chi connectivity index (χ2n) is 5.16. The number of hydrogen-bond acceptors (Lipinski definition) is 2. The van der Waals surface area contributed by atoms with Crippen LogP contribution in [0.2, 0.25) is 0 Å². The summed E-state index contributed by atoms with van der Waals surface area (Å²) in [5.41, 5.74) is 0.0516. The van der Waals surface area contributed by atoms with E-state index in [0.29, 0.717) is 13.1 Å². The number of nitrogens with one attached hydrogen (secondary N) is 1. The topological polar surface area (TPSA) is 15.3 Å². The first-order valence-electron chi connectivity index (χ1n) is 6.34. The highest BCUT2D eigenvalue weighted by atomic mass is 19.4. The van der Waals surface area contributed by atoms with Gasteiger partial charge in [-0.1, -0.05) is 19.8 Å². The first-order valence-corrected chi connectivity index (χ1v) is 6.34. The zero-order valence-corrected chi connectivity index (χ0v) is 10.7. The molecule has 0 aromatic rings. The van der Waals surface area contributed by atoms with Crippen LogP contribution in [0.3, 0.4) is 0 Å². The molecule has 0 aliphatic heterocycles. The molecular formula is C12H23F3N2. The smallest absolute Gasteiger partial charge is 0.319 e. The Morgan fingerprint density at radius 2 is 1.82 bits per heavy atom. The zero-order valence-electron chi connectivity index (χ0n) is 10.7. The Hall–Kier alpha value is -0.290. The van der Waals surface area contributed by atoms with Gasteiger partial charge in [0.1, 0.15) is 0 Å². The van der Waals surface area contributed by atoms with Crippen molar-refractivity contribution in [2.24, 2.45) is 5.41 Å². The van der Waals surface area contributed by atoms with Gasteiger partial charge in [-0.25, -0.2) is 0 Å². The summed E-state index contributed by atoms with van der Waals surface area (Å²) < 4.78 is 37.3. The van der Waals surface area contributed by atoms with E-state index in [0.717, 1.165) is 32.2 Å². The van der Waals surface area contributed by atoms with E-state index in [9.17, 15) is 13.2 Å². The maximum absolute atomic E-state index is 12.4. The van der Waals surface area contributed by atoms with Gasteiger partial charge in [-0.3, -0.25) is 4.90 Å². The standard InChI is InChI=1S/C12H23F3N2/c1-3-17(10-12(13,14)15)9-11(8-16-2)6-4-5-7-11/h16H,3-10H2,1-2H3. The van der Waals surface area contributed by atoms with Crippen molar-refractivity contribution in [2.45, 2.75) is 38.8 Å². The highest BCUT2D eigenvalue weighted by Gasteiger charge is 2.38. The van der Waals surface area contributed by atoms with Crippen LogP contribution in [-0.4, -0.2) is 44.3 Å². The number of alkyl halides is 3. The van der Waals surface area contributed by atoms with Gasteiger partial charge < -0.3 is 5.32 Å². The molecule has 0 unspecified atom stereocenters. The minimum atomic E-state index is -4.09. The summed E-state index contributed by atoms with van der Waals surface area (Å²) in [6.45, 7) is 2.86. The van der Waals surface area contributed by atoms with E-state index in [1.54, 1.807) is 6.92 Å². The summed E-state index contributed by atoms with van der Waals surface area (Å²) in [5.74, 6) is 0. The molecule has 1 N–H and O–H groups in total. The molecule has 0 heterocycles. The van der Waals surface area contributed by atoms with E-state index < -0.39 is 12.7 Å². The van der Waals surface area contributed by atoms with Crippen molar-refractivity contribution < 1.29 is 13.2 Å². The van der Waals surface area contributed by atoms with Gasteiger partial charge in [0.05, 0.1) is 6.54 Å². The van der Waals surface area contributed by atoms with Gasteiger partial charge >= 0.3 is 6.18 Å². The van der Waals surface area contributed by atoms with Crippen LogP contribution in [-0.2, 0) is 0 Å². The molecule has 102 valence electrons. The molecule has 17 heavy (non-hydrogen) atoms. The zero-order chi connectivity index (χ0) is 12.9. The number of halogens is 3. The number of nitrogens with zero attached hydrogens (tertiary/aromatic N) is 1. The number of rotatable bonds is 6. The Kier molecular flexibility index (Phi) is 5.25. The van der Waals surface area contributed by atoms with Crippen LogP contribution in [0, 0.1) is 5.41 Å². The molecule has 0 aromatic carbocycles. The summed E-state index contributed by atoms with van der Waals surface area (Å²) >= 11 is 0. The van der Waals surface area contributed by atoms with Gasteiger partial charge in [0.25, 0.3) is 0 Å². The molecule has 0 radical (unpaired) electrons. The van der Waals surface area contributed by atoms with Crippen LogP contribution in [0.25, 0.3) is 0 Å². The van der Waals surface area contributed by atoms with E-state index in [-0.39, 0.29) is 5.41 Å². The molecule has 0 atom stereocenters. The van der Waals surface area contributed by atoms with Crippen LogP contribution in [0.1, 0.15) is 32.6 Å². The lowest BCUT2D eigenvalue weighted by molar-refractivity contribution is -0.148. The van der Waals surface area contributed by atoms with Crippen LogP contribution < -0.4 is 5.32 Å². The minimum Gasteiger partial charge on any atom is -0.319 e. The van der Waals surface area contributed by atoms with Gasteiger partial charge in [-0.05, 0) is 31.8 Å². The first-order chi connectivity index (χ1) is 7.91. The molecule has 1 aliphatic rings. The molecule has 0 aromatic heterocycles. The third kappa shape index (κ3) is 4.84. The molecular weight excluding hydrogens is 229 g/mol. The van der Waals surface area contributed by atoms with E-state index >= 15 is 0 Å². The SMILES string of the molecule is CCN(CC(F)(F)F)CC1(CNC)CCCC1. The maximum atomic E-state index is 12.4. The molecule has 0 spiro atoms. The van der Waals surface area contributed by atoms with Crippen molar-refractivity contribution >= 4 is 0 Å². The Morgan fingerprint density at radius 1 is 1.24 bits per heavy atom. The van der Waals surface area contributed by atoms with Crippen LogP contribution in [0.15, 0.2) is 0 Å². The third-order valence-corrected chi connectivity index (χ3v) is 3.63. The van der Waals surface area contributed by atoms with E-state index in [4.69, 9.17) is 0 Å². The molecule has 1 fully saturated rings.